The maximum absolute atomic E-state index is 5.94. The van der Waals surface area contributed by atoms with E-state index in [-0.39, 0.29) is 24.8 Å². The van der Waals surface area contributed by atoms with E-state index in [1.165, 1.54) is 5.56 Å². The Morgan fingerprint density at radius 2 is 1.82 bits per heavy atom. The molecule has 100 valence electrons. The molecule has 0 aliphatic carbocycles. The summed E-state index contributed by atoms with van der Waals surface area (Å²) >= 11 is 11.8. The normalized spacial score (nSPS) is 9.71. The molecule has 0 aliphatic heterocycles. The zero-order valence-electron chi connectivity index (χ0n) is 9.66. The van der Waals surface area contributed by atoms with E-state index in [0.29, 0.717) is 16.6 Å². The first-order valence-corrected chi connectivity index (χ1v) is 5.79. The van der Waals surface area contributed by atoms with Gasteiger partial charge in [-0.1, -0.05) is 36.2 Å². The lowest BCUT2D eigenvalue weighted by atomic mass is 10.2. The first-order valence-electron chi connectivity index (χ1n) is 5.03. The lowest BCUT2D eigenvalue weighted by Crippen LogP contribution is -2.28. The zero-order chi connectivity index (χ0) is 11.3. The summed E-state index contributed by atoms with van der Waals surface area (Å²) in [4.78, 5) is 2.26. The molecule has 0 heterocycles. The zero-order valence-corrected chi connectivity index (χ0v) is 12.8. The summed E-state index contributed by atoms with van der Waals surface area (Å²) in [6.45, 7) is 5.54. The summed E-state index contributed by atoms with van der Waals surface area (Å²) < 4.78 is 0. The van der Waals surface area contributed by atoms with Gasteiger partial charge >= 0.3 is 0 Å². The highest BCUT2D eigenvalue weighted by Crippen LogP contribution is 2.23. The van der Waals surface area contributed by atoms with Crippen LogP contribution in [0.4, 0.5) is 0 Å². The van der Waals surface area contributed by atoms with Gasteiger partial charge in [0.25, 0.3) is 0 Å². The van der Waals surface area contributed by atoms with Crippen LogP contribution in [0.15, 0.2) is 18.2 Å². The van der Waals surface area contributed by atoms with Crippen molar-refractivity contribution in [2.45, 2.75) is 13.5 Å². The molecule has 0 aromatic heterocycles. The van der Waals surface area contributed by atoms with E-state index >= 15 is 0 Å². The highest BCUT2D eigenvalue weighted by atomic mass is 35.5. The van der Waals surface area contributed by atoms with Crippen LogP contribution in [0.2, 0.25) is 10.0 Å². The van der Waals surface area contributed by atoms with Crippen LogP contribution in [0.25, 0.3) is 0 Å². The van der Waals surface area contributed by atoms with Gasteiger partial charge in [0, 0.05) is 19.6 Å². The minimum absolute atomic E-state index is 0. The first-order chi connectivity index (χ1) is 7.17. The molecule has 0 radical (unpaired) electrons. The van der Waals surface area contributed by atoms with Crippen LogP contribution >= 0.6 is 48.0 Å². The van der Waals surface area contributed by atoms with E-state index in [1.807, 2.05) is 18.2 Å². The average Bonchev–Trinajstić information content (AvgIpc) is 2.23. The summed E-state index contributed by atoms with van der Waals surface area (Å²) in [6.07, 6.45) is 0. The largest absolute Gasteiger partial charge is 0.329 e. The second-order valence-corrected chi connectivity index (χ2v) is 4.22. The maximum atomic E-state index is 5.94. The quantitative estimate of drug-likeness (QED) is 0.898. The third-order valence-electron chi connectivity index (χ3n) is 2.28. The van der Waals surface area contributed by atoms with Gasteiger partial charge in [-0.25, -0.2) is 0 Å². The van der Waals surface area contributed by atoms with Gasteiger partial charge in [0.05, 0.1) is 10.0 Å². The van der Waals surface area contributed by atoms with Gasteiger partial charge in [0.15, 0.2) is 0 Å². The van der Waals surface area contributed by atoms with Crippen LogP contribution in [0.1, 0.15) is 12.5 Å². The Kier molecular flexibility index (Phi) is 11.8. The summed E-state index contributed by atoms with van der Waals surface area (Å²) in [6, 6.07) is 5.73. The van der Waals surface area contributed by atoms with Crippen LogP contribution in [0.3, 0.4) is 0 Å². The minimum Gasteiger partial charge on any atom is -0.329 e. The molecule has 0 atom stereocenters. The van der Waals surface area contributed by atoms with Crippen molar-refractivity contribution >= 4 is 48.0 Å². The van der Waals surface area contributed by atoms with Crippen molar-refractivity contribution in [2.24, 2.45) is 5.73 Å². The molecular formula is C11H18Cl4N2. The number of nitrogens with two attached hydrogens (primary N) is 1. The van der Waals surface area contributed by atoms with Crippen LogP contribution in [-0.4, -0.2) is 24.5 Å². The topological polar surface area (TPSA) is 29.3 Å². The first kappa shape index (κ1) is 19.6. The fourth-order valence-corrected chi connectivity index (χ4v) is 1.75. The number of benzene rings is 1. The number of halogens is 4. The third kappa shape index (κ3) is 6.70. The Balaban J connectivity index is 0. The van der Waals surface area contributed by atoms with Crippen molar-refractivity contribution < 1.29 is 0 Å². The predicted octanol–water partition coefficient (Wildman–Crippen LogP) is 3.62. The fraction of sp³-hybridized carbons (Fsp3) is 0.455. The molecule has 2 N–H and O–H groups in total. The van der Waals surface area contributed by atoms with E-state index in [9.17, 15) is 0 Å². The maximum Gasteiger partial charge on any atom is 0.0595 e. The molecule has 0 saturated carbocycles. The summed E-state index contributed by atoms with van der Waals surface area (Å²) in [5.74, 6) is 0. The molecule has 1 aromatic carbocycles. The molecule has 1 rings (SSSR count). The number of rotatable bonds is 5. The molecule has 0 amide bonds. The lowest BCUT2D eigenvalue weighted by molar-refractivity contribution is 0.288. The van der Waals surface area contributed by atoms with Crippen molar-refractivity contribution in [3.8, 4) is 0 Å². The van der Waals surface area contributed by atoms with Gasteiger partial charge in [-0.2, -0.15) is 0 Å². The van der Waals surface area contributed by atoms with Crippen molar-refractivity contribution in [1.29, 1.82) is 0 Å². The molecule has 0 bridgehead atoms. The third-order valence-corrected chi connectivity index (χ3v) is 3.02. The van der Waals surface area contributed by atoms with E-state index < -0.39 is 0 Å². The standard InChI is InChI=1S/C11H16Cl2N2.2ClH/c1-2-15(6-5-14)8-9-3-4-10(12)11(13)7-9;;/h3-4,7H,2,5-6,8,14H2,1H3;2*1H. The smallest absolute Gasteiger partial charge is 0.0595 e. The van der Waals surface area contributed by atoms with E-state index in [2.05, 4.69) is 11.8 Å². The Morgan fingerprint density at radius 3 is 2.29 bits per heavy atom. The molecule has 0 unspecified atom stereocenters. The van der Waals surface area contributed by atoms with Gasteiger partial charge in [0.2, 0.25) is 0 Å². The second-order valence-electron chi connectivity index (χ2n) is 3.41. The van der Waals surface area contributed by atoms with Crippen molar-refractivity contribution in [3.05, 3.63) is 33.8 Å². The summed E-state index contributed by atoms with van der Waals surface area (Å²) in [7, 11) is 0. The van der Waals surface area contributed by atoms with Crippen molar-refractivity contribution in [2.75, 3.05) is 19.6 Å². The molecule has 2 nitrogen and oxygen atoms in total. The molecule has 17 heavy (non-hydrogen) atoms. The monoisotopic (exact) mass is 318 g/mol. The van der Waals surface area contributed by atoms with Gasteiger partial charge in [-0.3, -0.25) is 4.90 Å². The number of nitrogens with zero attached hydrogens (tertiary/aromatic N) is 1. The van der Waals surface area contributed by atoms with Gasteiger partial charge < -0.3 is 5.73 Å². The van der Waals surface area contributed by atoms with Gasteiger partial charge in [0.1, 0.15) is 0 Å². The van der Waals surface area contributed by atoms with Crippen LogP contribution in [-0.2, 0) is 6.54 Å². The summed E-state index contributed by atoms with van der Waals surface area (Å²) in [5, 5.41) is 1.21. The molecule has 0 saturated heterocycles. The van der Waals surface area contributed by atoms with Crippen LogP contribution < -0.4 is 5.73 Å². The van der Waals surface area contributed by atoms with E-state index in [0.717, 1.165) is 19.6 Å². The number of hydrogen-bond donors (Lipinski definition) is 1. The Hall–Kier alpha value is 0.300. The number of hydrogen-bond acceptors (Lipinski definition) is 2. The van der Waals surface area contributed by atoms with Crippen LogP contribution in [0, 0.1) is 0 Å². The Labute approximate surface area is 125 Å². The number of likely N-dealkylation sites (N-methyl/N-ethyl adjacent to an activating group) is 1. The molecule has 0 aliphatic rings. The van der Waals surface area contributed by atoms with Gasteiger partial charge in [-0.15, -0.1) is 24.8 Å². The summed E-state index contributed by atoms with van der Waals surface area (Å²) in [5.41, 5.74) is 6.69. The molecular weight excluding hydrogens is 302 g/mol. The average molecular weight is 320 g/mol. The highest BCUT2D eigenvalue weighted by Gasteiger charge is 2.04. The van der Waals surface area contributed by atoms with E-state index in [4.69, 9.17) is 28.9 Å². The molecule has 0 spiro atoms. The molecule has 1 aromatic rings. The predicted molar refractivity (Wildman–Crippen MR) is 81.0 cm³/mol. The lowest BCUT2D eigenvalue weighted by Gasteiger charge is -2.19. The SMILES string of the molecule is CCN(CCN)Cc1ccc(Cl)c(Cl)c1.Cl.Cl. The fourth-order valence-electron chi connectivity index (χ4n) is 1.43. The molecule has 0 fully saturated rings. The Bertz CT molecular complexity index is 320. The van der Waals surface area contributed by atoms with E-state index in [1.54, 1.807) is 0 Å². The second kappa shape index (κ2) is 10.2. The molecule has 6 heteroatoms. The van der Waals surface area contributed by atoms with Gasteiger partial charge in [-0.05, 0) is 24.2 Å². The Morgan fingerprint density at radius 1 is 1.18 bits per heavy atom. The van der Waals surface area contributed by atoms with Crippen molar-refractivity contribution in [1.82, 2.24) is 4.90 Å². The van der Waals surface area contributed by atoms with Crippen molar-refractivity contribution in [3.63, 3.8) is 0 Å². The highest BCUT2D eigenvalue weighted by molar-refractivity contribution is 6.42. The minimum atomic E-state index is 0. The van der Waals surface area contributed by atoms with Crippen LogP contribution in [0.5, 0.6) is 0 Å².